The van der Waals surface area contributed by atoms with Crippen LogP contribution in [0.1, 0.15) is 36.5 Å². The zero-order chi connectivity index (χ0) is 22.0. The smallest absolute Gasteiger partial charge is 0.309 e. The standard InChI is InChI=1S/C25H27Cl2NO3.ClH/c1-16-19(13-28-14-20(15-28)25(29)30)5-4-18-11-22(8-9-23(16)18)31-10-2-3-17-6-7-21(26)12-24(17)27;/h6-9,11-12,20H,2-5,10,13-15H2,1H3,(H,29,30);1H. The molecule has 1 aliphatic carbocycles. The van der Waals surface area contributed by atoms with E-state index in [1.54, 1.807) is 6.07 Å². The Hall–Kier alpha value is -1.72. The molecule has 0 amide bonds. The van der Waals surface area contributed by atoms with Crippen LogP contribution in [0, 0.1) is 5.92 Å². The Morgan fingerprint density at radius 2 is 1.94 bits per heavy atom. The summed E-state index contributed by atoms with van der Waals surface area (Å²) in [5.74, 6) is 0.0242. The van der Waals surface area contributed by atoms with Gasteiger partial charge in [-0.1, -0.05) is 40.9 Å². The van der Waals surface area contributed by atoms with E-state index in [4.69, 9.17) is 33.0 Å². The molecule has 7 heteroatoms. The van der Waals surface area contributed by atoms with Gasteiger partial charge < -0.3 is 9.84 Å². The highest BCUT2D eigenvalue weighted by Crippen LogP contribution is 2.34. The molecular formula is C25H28Cl3NO3. The van der Waals surface area contributed by atoms with Crippen molar-refractivity contribution in [1.82, 2.24) is 4.90 Å². The lowest BCUT2D eigenvalue weighted by Gasteiger charge is -2.38. The fourth-order valence-corrected chi connectivity index (χ4v) is 4.90. The summed E-state index contributed by atoms with van der Waals surface area (Å²) >= 11 is 12.2. The van der Waals surface area contributed by atoms with E-state index < -0.39 is 5.97 Å². The first-order chi connectivity index (χ1) is 14.9. The number of carbonyl (C=O) groups is 1. The van der Waals surface area contributed by atoms with Crippen molar-refractivity contribution in [2.24, 2.45) is 5.92 Å². The van der Waals surface area contributed by atoms with Gasteiger partial charge in [0.2, 0.25) is 0 Å². The van der Waals surface area contributed by atoms with E-state index in [0.717, 1.165) is 43.5 Å². The summed E-state index contributed by atoms with van der Waals surface area (Å²) in [6, 6.07) is 12.0. The van der Waals surface area contributed by atoms with E-state index in [1.165, 1.54) is 22.3 Å². The molecule has 1 N–H and O–H groups in total. The van der Waals surface area contributed by atoms with E-state index in [0.29, 0.717) is 29.7 Å². The molecule has 1 fully saturated rings. The van der Waals surface area contributed by atoms with Crippen molar-refractivity contribution in [1.29, 1.82) is 0 Å². The normalized spacial score (nSPS) is 16.2. The predicted octanol–water partition coefficient (Wildman–Crippen LogP) is 6.16. The van der Waals surface area contributed by atoms with Crippen molar-refractivity contribution in [3.05, 3.63) is 68.7 Å². The van der Waals surface area contributed by atoms with Crippen LogP contribution in [0.4, 0.5) is 0 Å². The van der Waals surface area contributed by atoms with Crippen molar-refractivity contribution in [2.75, 3.05) is 26.2 Å². The monoisotopic (exact) mass is 495 g/mol. The number of hydrogen-bond acceptors (Lipinski definition) is 3. The molecule has 4 rings (SSSR count). The summed E-state index contributed by atoms with van der Waals surface area (Å²) in [5.41, 5.74) is 6.45. The van der Waals surface area contributed by atoms with Crippen LogP contribution < -0.4 is 4.74 Å². The molecule has 0 unspecified atom stereocenters. The summed E-state index contributed by atoms with van der Waals surface area (Å²) in [7, 11) is 0. The zero-order valence-electron chi connectivity index (χ0n) is 18.1. The number of carboxylic acids is 1. The highest BCUT2D eigenvalue weighted by molar-refractivity contribution is 6.35. The van der Waals surface area contributed by atoms with Gasteiger partial charge in [-0.3, -0.25) is 9.69 Å². The van der Waals surface area contributed by atoms with E-state index in [1.807, 2.05) is 18.2 Å². The number of carboxylic acid groups (broad SMARTS) is 1. The molecule has 0 radical (unpaired) electrons. The number of nitrogens with zero attached hydrogens (tertiary/aromatic N) is 1. The number of hydrogen-bond donors (Lipinski definition) is 1. The molecule has 172 valence electrons. The van der Waals surface area contributed by atoms with Crippen molar-refractivity contribution < 1.29 is 14.6 Å². The van der Waals surface area contributed by atoms with Gasteiger partial charge in [-0.05, 0) is 79.1 Å². The quantitative estimate of drug-likeness (QED) is 0.444. The highest BCUT2D eigenvalue weighted by atomic mass is 35.5. The van der Waals surface area contributed by atoms with Gasteiger partial charge in [0.15, 0.2) is 0 Å². The lowest BCUT2D eigenvalue weighted by Crippen LogP contribution is -2.50. The minimum absolute atomic E-state index is 0. The third-order valence-corrected chi connectivity index (χ3v) is 6.89. The molecule has 0 bridgehead atoms. The minimum atomic E-state index is -0.681. The average Bonchev–Trinajstić information content (AvgIpc) is 2.70. The largest absolute Gasteiger partial charge is 0.494 e. The van der Waals surface area contributed by atoms with Gasteiger partial charge in [0.05, 0.1) is 12.5 Å². The Balaban J connectivity index is 0.00000289. The van der Waals surface area contributed by atoms with Crippen LogP contribution >= 0.6 is 35.6 Å². The first-order valence-electron chi connectivity index (χ1n) is 10.7. The molecule has 1 saturated heterocycles. The Morgan fingerprint density at radius 3 is 2.66 bits per heavy atom. The number of likely N-dealkylation sites (tertiary alicyclic amines) is 1. The number of aryl methyl sites for hydroxylation is 2. The van der Waals surface area contributed by atoms with Crippen LogP contribution in [0.2, 0.25) is 10.0 Å². The summed E-state index contributed by atoms with van der Waals surface area (Å²) in [6.45, 7) is 5.01. The van der Waals surface area contributed by atoms with Crippen LogP contribution in [0.15, 0.2) is 42.0 Å². The maximum absolute atomic E-state index is 11.0. The van der Waals surface area contributed by atoms with E-state index in [-0.39, 0.29) is 18.3 Å². The Kier molecular flexibility index (Phi) is 8.51. The van der Waals surface area contributed by atoms with Gasteiger partial charge in [-0.15, -0.1) is 12.4 Å². The van der Waals surface area contributed by atoms with Crippen LogP contribution in [0.25, 0.3) is 5.57 Å². The Bertz CT molecular complexity index is 1020. The van der Waals surface area contributed by atoms with Gasteiger partial charge in [0, 0.05) is 29.7 Å². The molecule has 2 aromatic carbocycles. The van der Waals surface area contributed by atoms with Crippen molar-refractivity contribution in [3.63, 3.8) is 0 Å². The maximum atomic E-state index is 11.0. The second kappa shape index (κ2) is 10.9. The SMILES string of the molecule is CC1=C(CN2CC(C(=O)O)C2)CCc2cc(OCCCc3ccc(Cl)cc3Cl)ccc21.Cl. The predicted molar refractivity (Wildman–Crippen MR) is 132 cm³/mol. The van der Waals surface area contributed by atoms with Crippen LogP contribution in [-0.2, 0) is 17.6 Å². The van der Waals surface area contributed by atoms with Crippen LogP contribution in [0.3, 0.4) is 0 Å². The van der Waals surface area contributed by atoms with Gasteiger partial charge >= 0.3 is 5.97 Å². The summed E-state index contributed by atoms with van der Waals surface area (Å²) in [6.07, 6.45) is 3.75. The Morgan fingerprint density at radius 1 is 1.16 bits per heavy atom. The number of rotatable bonds is 8. The molecule has 1 aliphatic heterocycles. The van der Waals surface area contributed by atoms with Gasteiger partial charge in [0.25, 0.3) is 0 Å². The number of ether oxygens (including phenoxy) is 1. The topological polar surface area (TPSA) is 49.8 Å². The number of halogens is 3. The molecule has 0 aromatic heterocycles. The van der Waals surface area contributed by atoms with E-state index >= 15 is 0 Å². The first-order valence-corrected chi connectivity index (χ1v) is 11.5. The van der Waals surface area contributed by atoms with Crippen molar-refractivity contribution >= 4 is 47.2 Å². The molecule has 2 aliphatic rings. The number of benzene rings is 2. The van der Waals surface area contributed by atoms with Crippen molar-refractivity contribution in [3.8, 4) is 5.75 Å². The summed E-state index contributed by atoms with van der Waals surface area (Å²) < 4.78 is 6.00. The van der Waals surface area contributed by atoms with Gasteiger partial charge in [-0.25, -0.2) is 0 Å². The Labute approximate surface area is 205 Å². The maximum Gasteiger partial charge on any atom is 0.309 e. The number of fused-ring (bicyclic) bond motifs is 1. The van der Waals surface area contributed by atoms with Crippen LogP contribution in [-0.4, -0.2) is 42.2 Å². The third kappa shape index (κ3) is 5.79. The first kappa shape index (κ1) is 24.9. The van der Waals surface area contributed by atoms with E-state index in [2.05, 4.69) is 24.0 Å². The summed E-state index contributed by atoms with van der Waals surface area (Å²) in [5, 5.41) is 10.4. The lowest BCUT2D eigenvalue weighted by molar-refractivity contribution is -0.147. The third-order valence-electron chi connectivity index (χ3n) is 6.30. The van der Waals surface area contributed by atoms with Gasteiger partial charge in [0.1, 0.15) is 5.75 Å². The molecule has 1 heterocycles. The van der Waals surface area contributed by atoms with E-state index in [9.17, 15) is 4.79 Å². The molecule has 2 aromatic rings. The fourth-order valence-electron chi connectivity index (χ4n) is 4.40. The second-order valence-electron chi connectivity index (χ2n) is 8.46. The highest BCUT2D eigenvalue weighted by Gasteiger charge is 2.33. The average molecular weight is 497 g/mol. The molecule has 32 heavy (non-hydrogen) atoms. The molecule has 0 spiro atoms. The summed E-state index contributed by atoms with van der Waals surface area (Å²) in [4.78, 5) is 13.2. The van der Waals surface area contributed by atoms with Gasteiger partial charge in [-0.2, -0.15) is 0 Å². The second-order valence-corrected chi connectivity index (χ2v) is 9.31. The molecular weight excluding hydrogens is 469 g/mol. The molecule has 0 saturated carbocycles. The number of allylic oxidation sites excluding steroid dienone is 1. The zero-order valence-corrected chi connectivity index (χ0v) is 20.4. The molecule has 4 nitrogen and oxygen atoms in total. The minimum Gasteiger partial charge on any atom is -0.494 e. The molecule has 0 atom stereocenters. The van der Waals surface area contributed by atoms with Crippen molar-refractivity contribution in [2.45, 2.75) is 32.6 Å². The lowest BCUT2D eigenvalue weighted by atomic mass is 9.85. The number of aliphatic carboxylic acids is 1. The fraction of sp³-hybridized carbons (Fsp3) is 0.400. The van der Waals surface area contributed by atoms with Crippen LogP contribution in [0.5, 0.6) is 5.75 Å².